The molecule has 1 aromatic heterocycles. The number of benzene rings is 1. The lowest BCUT2D eigenvalue weighted by molar-refractivity contribution is 0.224. The minimum absolute atomic E-state index is 0.171. The molecule has 0 fully saturated rings. The number of ether oxygens (including phenoxy) is 1. The molecule has 0 spiro atoms. The molecule has 1 aromatic carbocycles. The third kappa shape index (κ3) is 3.12. The van der Waals surface area contributed by atoms with Gasteiger partial charge in [0, 0.05) is 18.7 Å². The van der Waals surface area contributed by atoms with Gasteiger partial charge in [-0.15, -0.1) is 4.36 Å². The van der Waals surface area contributed by atoms with Crippen molar-refractivity contribution in [3.8, 4) is 5.88 Å². The summed E-state index contributed by atoms with van der Waals surface area (Å²) in [6.45, 7) is 3.39. The van der Waals surface area contributed by atoms with Crippen molar-refractivity contribution < 1.29 is 13.7 Å². The standard InChI is InChI=1S/C20H25N5O3S/c1-12-6-7-15-16(12)10-13-4-2-5-14(13)18(15)23-20(26)24-29(21,27)17-11-22-25-8-3-9-28-19(17)25/h10-12H,2-9H2,1H3,(H3,21,23,24,26,27)/t12-,29-/m1/s1. The van der Waals surface area contributed by atoms with Crippen LogP contribution in [0.5, 0.6) is 5.88 Å². The summed E-state index contributed by atoms with van der Waals surface area (Å²) in [5, 5.41) is 13.1. The van der Waals surface area contributed by atoms with Crippen LogP contribution in [-0.2, 0) is 35.7 Å². The van der Waals surface area contributed by atoms with Crippen molar-refractivity contribution in [1.82, 2.24) is 9.78 Å². The van der Waals surface area contributed by atoms with Crippen LogP contribution in [0.15, 0.2) is 21.5 Å². The predicted octanol–water partition coefficient (Wildman–Crippen LogP) is 3.14. The van der Waals surface area contributed by atoms with Gasteiger partial charge in [0.1, 0.15) is 4.90 Å². The molecule has 3 N–H and O–H groups in total. The van der Waals surface area contributed by atoms with E-state index in [0.717, 1.165) is 44.2 Å². The van der Waals surface area contributed by atoms with E-state index < -0.39 is 15.9 Å². The zero-order valence-corrected chi connectivity index (χ0v) is 17.3. The Balaban J connectivity index is 1.50. The number of carbonyl (C=O) groups excluding carboxylic acids is 1. The number of carbonyl (C=O) groups is 1. The molecule has 2 aliphatic carbocycles. The van der Waals surface area contributed by atoms with Gasteiger partial charge in [0.15, 0.2) is 9.92 Å². The fourth-order valence-electron chi connectivity index (χ4n) is 4.74. The van der Waals surface area contributed by atoms with Crippen LogP contribution in [0, 0.1) is 0 Å². The first-order chi connectivity index (χ1) is 13.9. The highest BCUT2D eigenvalue weighted by Crippen LogP contribution is 2.43. The molecule has 1 aliphatic heterocycles. The lowest BCUT2D eigenvalue weighted by atomic mass is 9.96. The first-order valence-electron chi connectivity index (χ1n) is 10.2. The van der Waals surface area contributed by atoms with Gasteiger partial charge < -0.3 is 10.1 Å². The molecule has 3 aliphatic rings. The number of nitrogens with two attached hydrogens (primary N) is 1. The van der Waals surface area contributed by atoms with Gasteiger partial charge in [-0.2, -0.15) is 5.10 Å². The van der Waals surface area contributed by atoms with Crippen molar-refractivity contribution in [3.63, 3.8) is 0 Å². The van der Waals surface area contributed by atoms with Gasteiger partial charge in [-0.1, -0.05) is 13.0 Å². The fourth-order valence-corrected chi connectivity index (χ4v) is 5.74. The maximum absolute atomic E-state index is 13.1. The largest absolute Gasteiger partial charge is 0.477 e. The summed E-state index contributed by atoms with van der Waals surface area (Å²) in [5.74, 6) is 0.828. The second-order valence-corrected chi connectivity index (χ2v) is 9.84. The molecule has 154 valence electrons. The normalized spacial score (nSPS) is 21.5. The second kappa shape index (κ2) is 6.84. The van der Waals surface area contributed by atoms with Crippen LogP contribution in [-0.4, -0.2) is 26.6 Å². The number of aryl methyl sites for hydroxylation is 2. The van der Waals surface area contributed by atoms with Gasteiger partial charge in [0.2, 0.25) is 5.88 Å². The summed E-state index contributed by atoms with van der Waals surface area (Å²) in [5.41, 5.74) is 5.86. The summed E-state index contributed by atoms with van der Waals surface area (Å²) >= 11 is 0. The SMILES string of the molecule is C[C@@H]1CCc2c1cc1c(c2NC(=O)N=[S@@](N)(=O)c2cnn3c2OCCC3)CCC1. The molecule has 2 atom stereocenters. The van der Waals surface area contributed by atoms with Crippen molar-refractivity contribution in [2.45, 2.75) is 62.8 Å². The van der Waals surface area contributed by atoms with Gasteiger partial charge in [-0.25, -0.2) is 18.8 Å². The number of urea groups is 1. The predicted molar refractivity (Wildman–Crippen MR) is 110 cm³/mol. The van der Waals surface area contributed by atoms with Gasteiger partial charge in [-0.3, -0.25) is 0 Å². The minimum Gasteiger partial charge on any atom is -0.477 e. The smallest absolute Gasteiger partial charge is 0.354 e. The number of fused-ring (bicyclic) bond motifs is 3. The Kier molecular flexibility index (Phi) is 4.40. The molecule has 9 heteroatoms. The molecule has 0 unspecified atom stereocenters. The molecule has 5 rings (SSSR count). The van der Waals surface area contributed by atoms with Gasteiger partial charge in [0.25, 0.3) is 0 Å². The summed E-state index contributed by atoms with van der Waals surface area (Å²) < 4.78 is 24.1. The number of nitrogens with zero attached hydrogens (tertiary/aromatic N) is 3. The van der Waals surface area contributed by atoms with E-state index in [-0.39, 0.29) is 4.90 Å². The third-order valence-corrected chi connectivity index (χ3v) is 7.53. The quantitative estimate of drug-likeness (QED) is 0.785. The zero-order valence-electron chi connectivity index (χ0n) is 16.4. The Bertz CT molecular complexity index is 1130. The van der Waals surface area contributed by atoms with Crippen LogP contribution in [0.4, 0.5) is 10.5 Å². The molecule has 0 saturated heterocycles. The number of anilines is 1. The molecule has 2 aromatic rings. The second-order valence-electron chi connectivity index (χ2n) is 8.08. The van der Waals surface area contributed by atoms with E-state index in [1.165, 1.54) is 28.5 Å². The molecule has 8 nitrogen and oxygen atoms in total. The van der Waals surface area contributed by atoms with Crippen LogP contribution in [0.1, 0.15) is 54.4 Å². The Hall–Kier alpha value is -2.39. The third-order valence-electron chi connectivity index (χ3n) is 6.18. The average molecular weight is 416 g/mol. The number of nitrogens with one attached hydrogen (secondary N) is 1. The van der Waals surface area contributed by atoms with Crippen LogP contribution in [0.25, 0.3) is 0 Å². The number of aromatic nitrogens is 2. The number of hydrogen-bond donors (Lipinski definition) is 2. The van der Waals surface area contributed by atoms with Crippen molar-refractivity contribution >= 4 is 21.6 Å². The molecule has 29 heavy (non-hydrogen) atoms. The maximum Gasteiger partial charge on any atom is 0.354 e. The zero-order chi connectivity index (χ0) is 20.2. The molecule has 0 saturated carbocycles. The number of rotatable bonds is 2. The van der Waals surface area contributed by atoms with E-state index >= 15 is 0 Å². The Morgan fingerprint density at radius 2 is 2.21 bits per heavy atom. The first-order valence-corrected chi connectivity index (χ1v) is 11.7. The molecule has 0 radical (unpaired) electrons. The van der Waals surface area contributed by atoms with E-state index in [1.54, 1.807) is 4.68 Å². The monoisotopic (exact) mass is 415 g/mol. The van der Waals surface area contributed by atoms with Gasteiger partial charge in [-0.05, 0) is 60.3 Å². The average Bonchev–Trinajstić information content (AvgIpc) is 3.40. The van der Waals surface area contributed by atoms with Crippen molar-refractivity contribution in [2.24, 2.45) is 9.50 Å². The number of hydrogen-bond acceptors (Lipinski definition) is 4. The highest BCUT2D eigenvalue weighted by atomic mass is 32.2. The Labute approximate surface area is 170 Å². The molecule has 2 amide bonds. The van der Waals surface area contributed by atoms with Gasteiger partial charge >= 0.3 is 6.03 Å². The number of amides is 2. The van der Waals surface area contributed by atoms with Crippen LogP contribution >= 0.6 is 0 Å². The van der Waals surface area contributed by atoms with Crippen LogP contribution < -0.4 is 15.2 Å². The summed E-state index contributed by atoms with van der Waals surface area (Å²) in [4.78, 5) is 12.9. The summed E-state index contributed by atoms with van der Waals surface area (Å²) in [6.07, 6.45) is 7.27. The van der Waals surface area contributed by atoms with Crippen LogP contribution in [0.3, 0.4) is 0 Å². The van der Waals surface area contributed by atoms with E-state index in [4.69, 9.17) is 9.88 Å². The molecular weight excluding hydrogens is 390 g/mol. The van der Waals surface area contributed by atoms with Crippen LogP contribution in [0.2, 0.25) is 0 Å². The highest BCUT2D eigenvalue weighted by Gasteiger charge is 2.29. The fraction of sp³-hybridized carbons (Fsp3) is 0.500. The van der Waals surface area contributed by atoms with E-state index in [9.17, 15) is 9.00 Å². The molecule has 2 heterocycles. The lowest BCUT2D eigenvalue weighted by Crippen LogP contribution is -2.21. The Morgan fingerprint density at radius 3 is 3.07 bits per heavy atom. The highest BCUT2D eigenvalue weighted by molar-refractivity contribution is 7.91. The lowest BCUT2D eigenvalue weighted by Gasteiger charge is -2.17. The maximum atomic E-state index is 13.1. The van der Waals surface area contributed by atoms with E-state index in [1.807, 2.05) is 0 Å². The molecular formula is C20H25N5O3S. The Morgan fingerprint density at radius 1 is 1.34 bits per heavy atom. The van der Waals surface area contributed by atoms with Crippen molar-refractivity contribution in [3.05, 3.63) is 34.5 Å². The molecule has 0 bridgehead atoms. The van der Waals surface area contributed by atoms with E-state index in [0.29, 0.717) is 24.9 Å². The van der Waals surface area contributed by atoms with Crippen molar-refractivity contribution in [1.29, 1.82) is 0 Å². The van der Waals surface area contributed by atoms with Gasteiger partial charge in [0.05, 0.1) is 12.8 Å². The van der Waals surface area contributed by atoms with Crippen molar-refractivity contribution in [2.75, 3.05) is 11.9 Å². The minimum atomic E-state index is -3.46. The van der Waals surface area contributed by atoms with E-state index in [2.05, 4.69) is 27.8 Å². The first kappa shape index (κ1) is 18.6. The summed E-state index contributed by atoms with van der Waals surface area (Å²) in [6, 6.07) is 1.63. The topological polar surface area (TPSA) is 112 Å². The summed E-state index contributed by atoms with van der Waals surface area (Å²) in [7, 11) is -3.46.